The fourth-order valence-corrected chi connectivity index (χ4v) is 1.26. The summed E-state index contributed by atoms with van der Waals surface area (Å²) in [5.41, 5.74) is 0. The molecule has 9 heteroatoms. The molecule has 0 amide bonds. The van der Waals surface area contributed by atoms with E-state index in [0.717, 1.165) is 0 Å². The average molecular weight is 223 g/mol. The number of alkyl halides is 5. The maximum Gasteiger partial charge on any atom is 0.453 e. The number of hydrogen-bond acceptors (Lipinski definition) is 3. The van der Waals surface area contributed by atoms with Crippen LogP contribution in [0.5, 0.6) is 0 Å². The molecule has 13 heavy (non-hydrogen) atoms. The molecule has 0 rings (SSSR count). The quantitative estimate of drug-likeness (QED) is 0.478. The van der Waals surface area contributed by atoms with Crippen molar-refractivity contribution in [1.29, 1.82) is 0 Å². The summed E-state index contributed by atoms with van der Waals surface area (Å²) in [4.78, 5) is 0. The Morgan fingerprint density at radius 2 is 1.31 bits per heavy atom. The molecule has 6 N–H and O–H groups in total. The van der Waals surface area contributed by atoms with Gasteiger partial charge in [0.2, 0.25) is 0 Å². The van der Waals surface area contributed by atoms with Crippen LogP contribution in [0.15, 0.2) is 0 Å². The van der Waals surface area contributed by atoms with Crippen LogP contribution in [0.4, 0.5) is 22.0 Å². The van der Waals surface area contributed by atoms with Crippen molar-refractivity contribution < 1.29 is 22.0 Å². The molecule has 0 saturated heterocycles. The van der Waals surface area contributed by atoms with Crippen molar-refractivity contribution in [3.8, 4) is 0 Å². The summed E-state index contributed by atoms with van der Waals surface area (Å²) < 4.78 is 59.0. The van der Waals surface area contributed by atoms with E-state index in [9.17, 15) is 22.0 Å². The van der Waals surface area contributed by atoms with Crippen molar-refractivity contribution in [2.45, 2.75) is 24.6 Å². The molecule has 0 saturated carbocycles. The maximum atomic E-state index is 12.2. The predicted molar refractivity (Wildman–Crippen MR) is 38.7 cm³/mol. The lowest BCUT2D eigenvalue weighted by Crippen LogP contribution is -2.65. The summed E-state index contributed by atoms with van der Waals surface area (Å²) >= 11 is 0. The van der Waals surface area contributed by atoms with E-state index in [1.165, 1.54) is 0 Å². The van der Waals surface area contributed by atoms with E-state index in [4.69, 9.17) is 16.2 Å². The summed E-state index contributed by atoms with van der Waals surface area (Å²) in [6.45, 7) is 0. The third-order valence-corrected chi connectivity index (χ3v) is 2.40. The van der Waals surface area contributed by atoms with E-state index in [1.807, 2.05) is 0 Å². The lowest BCUT2D eigenvalue weighted by molar-refractivity contribution is -0.282. The highest BCUT2D eigenvalue weighted by molar-refractivity contribution is 6.70. The van der Waals surface area contributed by atoms with Crippen molar-refractivity contribution in [3.63, 3.8) is 0 Å². The van der Waals surface area contributed by atoms with Crippen LogP contribution in [0, 0.1) is 0 Å². The first-order valence-electron chi connectivity index (χ1n) is 3.27. The van der Waals surface area contributed by atoms with Gasteiger partial charge in [0, 0.05) is 6.42 Å². The van der Waals surface area contributed by atoms with Crippen LogP contribution >= 0.6 is 0 Å². The van der Waals surface area contributed by atoms with Crippen molar-refractivity contribution in [2.75, 3.05) is 0 Å². The number of nitrogens with two attached hydrogens (primary N) is 3. The zero-order valence-corrected chi connectivity index (χ0v) is 7.54. The number of rotatable bonds is 3. The summed E-state index contributed by atoms with van der Waals surface area (Å²) in [5, 5.41) is 14.9. The Bertz CT molecular complexity index is 174. The largest absolute Gasteiger partial charge is 0.453 e. The fraction of sp³-hybridized carbons (Fsp3) is 1.00. The highest BCUT2D eigenvalue weighted by Crippen LogP contribution is 2.39. The van der Waals surface area contributed by atoms with Crippen molar-refractivity contribution >= 4 is 8.56 Å². The van der Waals surface area contributed by atoms with E-state index >= 15 is 0 Å². The van der Waals surface area contributed by atoms with Crippen LogP contribution in [-0.2, 0) is 0 Å². The molecular weight excluding hydrogens is 213 g/mol. The molecule has 0 spiro atoms. The molecule has 80 valence electrons. The van der Waals surface area contributed by atoms with Crippen LogP contribution in [0.2, 0.25) is 6.04 Å². The molecule has 0 aliphatic heterocycles. The summed E-state index contributed by atoms with van der Waals surface area (Å²) in [5.74, 6) is -4.76. The first-order chi connectivity index (χ1) is 5.46. The Labute approximate surface area is 72.3 Å². The smallest absolute Gasteiger partial charge is 0.327 e. The van der Waals surface area contributed by atoms with Gasteiger partial charge < -0.3 is 16.2 Å². The van der Waals surface area contributed by atoms with Gasteiger partial charge in [-0.15, -0.1) is 0 Å². The Morgan fingerprint density at radius 3 is 1.54 bits per heavy atom. The minimum atomic E-state index is -5.56. The molecule has 0 aromatic rings. The molecule has 0 radical (unpaired) electrons. The van der Waals surface area contributed by atoms with Gasteiger partial charge in [-0.05, 0) is 6.04 Å². The van der Waals surface area contributed by atoms with Crippen LogP contribution < -0.4 is 16.2 Å². The zero-order chi connectivity index (χ0) is 10.9. The normalized spacial score (nSPS) is 14.8. The van der Waals surface area contributed by atoms with Gasteiger partial charge in [0.15, 0.2) is 0 Å². The lowest BCUT2D eigenvalue weighted by Gasteiger charge is -2.22. The SMILES string of the molecule is N[Si](N)(N)CCC(F)(F)C(F)(F)F. The van der Waals surface area contributed by atoms with Crippen LogP contribution in [0.3, 0.4) is 0 Å². The molecule has 0 aliphatic carbocycles. The van der Waals surface area contributed by atoms with Gasteiger partial charge in [-0.2, -0.15) is 22.0 Å². The van der Waals surface area contributed by atoms with Gasteiger partial charge in [0.05, 0.1) is 0 Å². The molecule has 0 atom stereocenters. The van der Waals surface area contributed by atoms with Gasteiger partial charge in [0.25, 0.3) is 8.56 Å². The summed E-state index contributed by atoms with van der Waals surface area (Å²) in [6.07, 6.45) is -7.02. The van der Waals surface area contributed by atoms with Crippen molar-refractivity contribution in [2.24, 2.45) is 16.2 Å². The Balaban J connectivity index is 4.21. The van der Waals surface area contributed by atoms with Crippen LogP contribution in [0.25, 0.3) is 0 Å². The van der Waals surface area contributed by atoms with Gasteiger partial charge in [0.1, 0.15) is 0 Å². The van der Waals surface area contributed by atoms with Crippen LogP contribution in [0.1, 0.15) is 6.42 Å². The molecule has 0 aliphatic rings. The van der Waals surface area contributed by atoms with E-state index in [2.05, 4.69) is 0 Å². The predicted octanol–water partition coefficient (Wildman–Crippen LogP) is 0.389. The highest BCUT2D eigenvalue weighted by atomic mass is 28.4. The van der Waals surface area contributed by atoms with E-state index < -0.39 is 33.1 Å². The lowest BCUT2D eigenvalue weighted by atomic mass is 10.2. The van der Waals surface area contributed by atoms with Crippen molar-refractivity contribution in [3.05, 3.63) is 0 Å². The third-order valence-electron chi connectivity index (χ3n) is 1.29. The summed E-state index contributed by atoms with van der Waals surface area (Å²) in [6, 6.07) is -0.681. The second kappa shape index (κ2) is 3.48. The van der Waals surface area contributed by atoms with E-state index in [1.54, 1.807) is 0 Å². The standard InChI is InChI=1S/C4H10F5N3Si/c5-3(6,4(7,8)9)1-2-13(10,11)12/h1-2,10-12H2. The minimum Gasteiger partial charge on any atom is -0.327 e. The Hall–Kier alpha value is -0.253. The molecule has 0 unspecified atom stereocenters. The van der Waals surface area contributed by atoms with Gasteiger partial charge in [-0.1, -0.05) is 0 Å². The van der Waals surface area contributed by atoms with E-state index in [0.29, 0.717) is 0 Å². The first kappa shape index (κ1) is 12.7. The number of halogens is 5. The molecule has 0 aromatic carbocycles. The third kappa shape index (κ3) is 4.50. The van der Waals surface area contributed by atoms with E-state index in [-0.39, 0.29) is 0 Å². The molecular formula is C4H10F5N3Si. The van der Waals surface area contributed by atoms with Gasteiger partial charge >= 0.3 is 12.1 Å². The molecule has 0 bridgehead atoms. The fourth-order valence-electron chi connectivity index (χ4n) is 0.515. The zero-order valence-electron chi connectivity index (χ0n) is 6.54. The molecule has 0 aromatic heterocycles. The number of hydrogen-bond donors (Lipinski definition) is 3. The Morgan fingerprint density at radius 1 is 0.923 bits per heavy atom. The van der Waals surface area contributed by atoms with Gasteiger partial charge in [-0.25, -0.2) is 0 Å². The topological polar surface area (TPSA) is 78.1 Å². The minimum absolute atomic E-state index is 0.681. The Kier molecular flexibility index (Phi) is 3.41. The average Bonchev–Trinajstić information content (AvgIpc) is 1.79. The second-order valence-electron chi connectivity index (χ2n) is 2.81. The molecule has 0 heterocycles. The second-order valence-corrected chi connectivity index (χ2v) is 5.54. The monoisotopic (exact) mass is 223 g/mol. The van der Waals surface area contributed by atoms with Crippen molar-refractivity contribution in [1.82, 2.24) is 0 Å². The maximum absolute atomic E-state index is 12.2. The molecule has 0 fully saturated rings. The molecule has 3 nitrogen and oxygen atoms in total. The first-order valence-corrected chi connectivity index (χ1v) is 5.71. The van der Waals surface area contributed by atoms with Crippen LogP contribution in [-0.4, -0.2) is 20.7 Å². The highest BCUT2D eigenvalue weighted by Gasteiger charge is 2.57. The van der Waals surface area contributed by atoms with Gasteiger partial charge in [-0.3, -0.25) is 0 Å². The summed E-state index contributed by atoms with van der Waals surface area (Å²) in [7, 11) is -3.33.